The SMILES string of the molecule is CC(C)(C)C1CCN(C(=O)COCCCOC2CN(C(C)(C)C)C2)CC1. The molecular weight excluding hydrogens is 328 g/mol. The molecule has 0 aliphatic carbocycles. The van der Waals surface area contributed by atoms with Crippen LogP contribution in [-0.2, 0) is 14.3 Å². The summed E-state index contributed by atoms with van der Waals surface area (Å²) in [5.41, 5.74) is 0.584. The highest BCUT2D eigenvalue weighted by Gasteiger charge is 2.34. The van der Waals surface area contributed by atoms with E-state index < -0.39 is 0 Å². The van der Waals surface area contributed by atoms with E-state index in [0.717, 1.165) is 45.4 Å². The van der Waals surface area contributed by atoms with Gasteiger partial charge in [-0.3, -0.25) is 9.69 Å². The summed E-state index contributed by atoms with van der Waals surface area (Å²) in [6, 6.07) is 0. The number of ether oxygens (including phenoxy) is 2. The lowest BCUT2D eigenvalue weighted by Gasteiger charge is -2.47. The molecule has 0 N–H and O–H groups in total. The van der Waals surface area contributed by atoms with Gasteiger partial charge in [0.05, 0.1) is 6.10 Å². The fourth-order valence-corrected chi connectivity index (χ4v) is 3.75. The second kappa shape index (κ2) is 9.03. The number of rotatable bonds is 7. The van der Waals surface area contributed by atoms with Crippen LogP contribution in [0, 0.1) is 11.3 Å². The van der Waals surface area contributed by atoms with Crippen LogP contribution in [-0.4, -0.2) is 73.3 Å². The zero-order valence-electron chi connectivity index (χ0n) is 17.8. The summed E-state index contributed by atoms with van der Waals surface area (Å²) in [6.45, 7) is 18.9. The molecule has 0 radical (unpaired) electrons. The van der Waals surface area contributed by atoms with Crippen molar-refractivity contribution in [1.29, 1.82) is 0 Å². The van der Waals surface area contributed by atoms with Crippen LogP contribution in [0.15, 0.2) is 0 Å². The first-order chi connectivity index (χ1) is 12.1. The number of hydrogen-bond donors (Lipinski definition) is 0. The number of nitrogens with zero attached hydrogens (tertiary/aromatic N) is 2. The maximum absolute atomic E-state index is 12.2. The molecule has 0 aromatic carbocycles. The molecule has 0 atom stereocenters. The molecular formula is C21H40N2O3. The number of carbonyl (C=O) groups is 1. The largest absolute Gasteiger partial charge is 0.375 e. The second-order valence-corrected chi connectivity index (χ2v) is 10.00. The van der Waals surface area contributed by atoms with Gasteiger partial charge in [0, 0.05) is 44.9 Å². The lowest BCUT2D eigenvalue weighted by molar-refractivity contribution is -0.138. The molecule has 2 aliphatic rings. The Kier molecular flexibility index (Phi) is 7.52. The minimum Gasteiger partial charge on any atom is -0.375 e. The predicted octanol–water partition coefficient (Wildman–Crippen LogP) is 3.18. The van der Waals surface area contributed by atoms with Crippen LogP contribution in [0.5, 0.6) is 0 Å². The first kappa shape index (κ1) is 21.6. The van der Waals surface area contributed by atoms with Gasteiger partial charge < -0.3 is 14.4 Å². The summed E-state index contributed by atoms with van der Waals surface area (Å²) in [4.78, 5) is 16.6. The number of carbonyl (C=O) groups excluding carboxylic acids is 1. The Morgan fingerprint density at radius 2 is 1.62 bits per heavy atom. The van der Waals surface area contributed by atoms with E-state index in [1.54, 1.807) is 0 Å². The average molecular weight is 369 g/mol. The summed E-state index contributed by atoms with van der Waals surface area (Å²) < 4.78 is 11.4. The lowest BCUT2D eigenvalue weighted by atomic mass is 9.75. The molecule has 2 fully saturated rings. The van der Waals surface area contributed by atoms with Gasteiger partial charge in [0.2, 0.25) is 5.91 Å². The van der Waals surface area contributed by atoms with Gasteiger partial charge in [-0.15, -0.1) is 0 Å². The minimum atomic E-state index is 0.137. The van der Waals surface area contributed by atoms with Crippen molar-refractivity contribution in [2.24, 2.45) is 11.3 Å². The average Bonchev–Trinajstić information content (AvgIpc) is 2.50. The monoisotopic (exact) mass is 368 g/mol. The van der Waals surface area contributed by atoms with Gasteiger partial charge in [-0.25, -0.2) is 0 Å². The van der Waals surface area contributed by atoms with Gasteiger partial charge >= 0.3 is 0 Å². The van der Waals surface area contributed by atoms with Crippen molar-refractivity contribution < 1.29 is 14.3 Å². The Hall–Kier alpha value is -0.650. The van der Waals surface area contributed by atoms with Gasteiger partial charge in [-0.2, -0.15) is 0 Å². The van der Waals surface area contributed by atoms with E-state index in [1.165, 1.54) is 0 Å². The highest BCUT2D eigenvalue weighted by molar-refractivity contribution is 5.77. The summed E-state index contributed by atoms with van der Waals surface area (Å²) in [5, 5.41) is 0. The molecule has 0 aromatic rings. The van der Waals surface area contributed by atoms with E-state index in [-0.39, 0.29) is 18.1 Å². The van der Waals surface area contributed by atoms with Gasteiger partial charge in [-0.05, 0) is 51.4 Å². The topological polar surface area (TPSA) is 42.0 Å². The molecule has 2 heterocycles. The summed E-state index contributed by atoms with van der Waals surface area (Å²) in [6.07, 6.45) is 3.43. The Balaban J connectivity index is 1.47. The van der Waals surface area contributed by atoms with Crippen LogP contribution in [0.25, 0.3) is 0 Å². The zero-order chi connectivity index (χ0) is 19.4. The van der Waals surface area contributed by atoms with Crippen molar-refractivity contribution in [2.45, 2.75) is 72.4 Å². The van der Waals surface area contributed by atoms with Gasteiger partial charge in [0.15, 0.2) is 0 Å². The minimum absolute atomic E-state index is 0.137. The molecule has 0 bridgehead atoms. The third-order valence-electron chi connectivity index (χ3n) is 5.88. The molecule has 5 nitrogen and oxygen atoms in total. The standard InChI is InChI=1S/C21H40N2O3/c1-20(2,3)17-8-10-22(11-9-17)19(24)16-25-12-7-13-26-18-14-23(15-18)21(4,5)6/h17-18H,7-16H2,1-6H3. The van der Waals surface area contributed by atoms with Crippen molar-refractivity contribution in [3.05, 3.63) is 0 Å². The number of hydrogen-bond acceptors (Lipinski definition) is 4. The van der Waals surface area contributed by atoms with Crippen LogP contribution in [0.3, 0.4) is 0 Å². The smallest absolute Gasteiger partial charge is 0.248 e. The molecule has 0 aromatic heterocycles. The fourth-order valence-electron chi connectivity index (χ4n) is 3.75. The Bertz CT molecular complexity index is 439. The lowest BCUT2D eigenvalue weighted by Crippen LogP contribution is -2.59. The maximum atomic E-state index is 12.2. The third kappa shape index (κ3) is 6.50. The van der Waals surface area contributed by atoms with Crippen LogP contribution in [0.1, 0.15) is 60.8 Å². The number of piperidine rings is 1. The van der Waals surface area contributed by atoms with Crippen LogP contribution >= 0.6 is 0 Å². The van der Waals surface area contributed by atoms with E-state index in [4.69, 9.17) is 9.47 Å². The van der Waals surface area contributed by atoms with E-state index in [1.807, 2.05) is 4.90 Å². The number of likely N-dealkylation sites (tertiary alicyclic amines) is 2. The highest BCUT2D eigenvalue weighted by Crippen LogP contribution is 2.34. The molecule has 0 saturated carbocycles. The summed E-state index contributed by atoms with van der Waals surface area (Å²) >= 11 is 0. The maximum Gasteiger partial charge on any atom is 0.248 e. The van der Waals surface area contributed by atoms with Crippen molar-refractivity contribution in [2.75, 3.05) is 46.0 Å². The normalized spacial score (nSPS) is 21.1. The highest BCUT2D eigenvalue weighted by atomic mass is 16.5. The molecule has 0 unspecified atom stereocenters. The van der Waals surface area contributed by atoms with Crippen molar-refractivity contribution >= 4 is 5.91 Å². The van der Waals surface area contributed by atoms with Crippen molar-refractivity contribution in [1.82, 2.24) is 9.80 Å². The van der Waals surface area contributed by atoms with Crippen molar-refractivity contribution in [3.63, 3.8) is 0 Å². The first-order valence-corrected chi connectivity index (χ1v) is 10.3. The van der Waals surface area contributed by atoms with E-state index in [2.05, 4.69) is 46.4 Å². The summed E-state index contributed by atoms with van der Waals surface area (Å²) in [5.74, 6) is 0.850. The molecule has 2 saturated heterocycles. The molecule has 152 valence electrons. The van der Waals surface area contributed by atoms with Crippen molar-refractivity contribution in [3.8, 4) is 0 Å². The summed E-state index contributed by atoms with van der Waals surface area (Å²) in [7, 11) is 0. The first-order valence-electron chi connectivity index (χ1n) is 10.3. The van der Waals surface area contributed by atoms with Gasteiger partial charge in [0.25, 0.3) is 0 Å². The van der Waals surface area contributed by atoms with Crippen LogP contribution in [0.2, 0.25) is 0 Å². The molecule has 26 heavy (non-hydrogen) atoms. The zero-order valence-corrected chi connectivity index (χ0v) is 17.8. The molecule has 2 rings (SSSR count). The quantitative estimate of drug-likeness (QED) is 0.647. The van der Waals surface area contributed by atoms with E-state index in [0.29, 0.717) is 30.7 Å². The fraction of sp³-hybridized carbons (Fsp3) is 0.952. The Morgan fingerprint density at radius 3 is 2.15 bits per heavy atom. The predicted molar refractivity (Wildman–Crippen MR) is 105 cm³/mol. The van der Waals surface area contributed by atoms with Crippen LogP contribution < -0.4 is 0 Å². The Labute approximate surface area is 160 Å². The molecule has 2 aliphatic heterocycles. The van der Waals surface area contributed by atoms with Gasteiger partial charge in [0.1, 0.15) is 6.61 Å². The molecule has 5 heteroatoms. The third-order valence-corrected chi connectivity index (χ3v) is 5.88. The molecule has 0 spiro atoms. The second-order valence-electron chi connectivity index (χ2n) is 10.00. The molecule has 1 amide bonds. The van der Waals surface area contributed by atoms with E-state index in [9.17, 15) is 4.79 Å². The van der Waals surface area contributed by atoms with Gasteiger partial charge in [-0.1, -0.05) is 20.8 Å². The number of amides is 1. The Morgan fingerprint density at radius 1 is 1.00 bits per heavy atom. The van der Waals surface area contributed by atoms with Crippen LogP contribution in [0.4, 0.5) is 0 Å². The van der Waals surface area contributed by atoms with E-state index >= 15 is 0 Å².